The summed E-state index contributed by atoms with van der Waals surface area (Å²) in [5.41, 5.74) is 1.79. The summed E-state index contributed by atoms with van der Waals surface area (Å²) in [6.07, 6.45) is 3.73. The summed E-state index contributed by atoms with van der Waals surface area (Å²) in [4.78, 5) is 27.3. The first kappa shape index (κ1) is 25.1. The Morgan fingerprint density at radius 2 is 1.82 bits per heavy atom. The molecule has 1 aliphatic rings. The standard InChI is InChI=1S/C25H35ClN4O3/c1-17(2)10-13-27-23(31)21-16-28-30(20-8-6-19(26)7-9-20)22(21)18-11-14-29(15-12-18)24(32)33-25(3,4)5/h6-9,16-18H,10-15H2,1-5H3,(H,27,31). The number of ether oxygens (including phenoxy) is 1. The SMILES string of the molecule is CC(C)CCNC(=O)c1cnn(-c2ccc(Cl)cc2)c1C1CCN(C(=O)OC(C)(C)C)CC1. The Labute approximate surface area is 201 Å². The highest BCUT2D eigenvalue weighted by Crippen LogP contribution is 2.33. The quantitative estimate of drug-likeness (QED) is 0.606. The van der Waals surface area contributed by atoms with Crippen molar-refractivity contribution < 1.29 is 14.3 Å². The molecule has 1 aliphatic heterocycles. The molecule has 180 valence electrons. The molecule has 0 atom stereocenters. The summed E-state index contributed by atoms with van der Waals surface area (Å²) >= 11 is 6.07. The number of likely N-dealkylation sites (tertiary alicyclic amines) is 1. The van der Waals surface area contributed by atoms with Crippen LogP contribution in [0.2, 0.25) is 5.02 Å². The Bertz CT molecular complexity index is 955. The number of amides is 2. The van der Waals surface area contributed by atoms with Gasteiger partial charge in [0.1, 0.15) is 5.60 Å². The number of nitrogens with zero attached hydrogens (tertiary/aromatic N) is 3. The molecule has 1 aromatic heterocycles. The van der Waals surface area contributed by atoms with Gasteiger partial charge in [-0.25, -0.2) is 9.48 Å². The van der Waals surface area contributed by atoms with Crippen LogP contribution < -0.4 is 5.32 Å². The molecule has 1 N–H and O–H groups in total. The summed E-state index contributed by atoms with van der Waals surface area (Å²) in [6.45, 7) is 11.6. The predicted molar refractivity (Wildman–Crippen MR) is 130 cm³/mol. The molecule has 7 nitrogen and oxygen atoms in total. The Kier molecular flexibility index (Phi) is 8.05. The van der Waals surface area contributed by atoms with Gasteiger partial charge >= 0.3 is 6.09 Å². The number of carbonyl (C=O) groups excluding carboxylic acids is 2. The Balaban J connectivity index is 1.82. The van der Waals surface area contributed by atoms with Crippen LogP contribution in [0.15, 0.2) is 30.5 Å². The van der Waals surface area contributed by atoms with Gasteiger partial charge in [-0.3, -0.25) is 4.79 Å². The Hall–Kier alpha value is -2.54. The molecule has 33 heavy (non-hydrogen) atoms. The Morgan fingerprint density at radius 3 is 2.39 bits per heavy atom. The van der Waals surface area contributed by atoms with Gasteiger partial charge in [-0.05, 0) is 70.2 Å². The summed E-state index contributed by atoms with van der Waals surface area (Å²) in [5, 5.41) is 8.25. The van der Waals surface area contributed by atoms with Crippen molar-refractivity contribution in [2.24, 2.45) is 5.92 Å². The molecule has 2 aromatic rings. The maximum absolute atomic E-state index is 13.0. The minimum absolute atomic E-state index is 0.0905. The van der Waals surface area contributed by atoms with E-state index in [0.717, 1.165) is 30.6 Å². The zero-order chi connectivity index (χ0) is 24.2. The van der Waals surface area contributed by atoms with E-state index in [4.69, 9.17) is 16.3 Å². The van der Waals surface area contributed by atoms with Crippen molar-refractivity contribution in [3.63, 3.8) is 0 Å². The van der Waals surface area contributed by atoms with Crippen LogP contribution in [-0.4, -0.2) is 51.9 Å². The number of benzene rings is 1. The monoisotopic (exact) mass is 474 g/mol. The molecular weight excluding hydrogens is 440 g/mol. The highest BCUT2D eigenvalue weighted by atomic mass is 35.5. The van der Waals surface area contributed by atoms with Crippen molar-refractivity contribution in [3.8, 4) is 5.69 Å². The highest BCUT2D eigenvalue weighted by Gasteiger charge is 2.32. The third-order valence-corrected chi connectivity index (χ3v) is 5.91. The summed E-state index contributed by atoms with van der Waals surface area (Å²) in [5.74, 6) is 0.492. The van der Waals surface area contributed by atoms with Crippen LogP contribution >= 0.6 is 11.6 Å². The smallest absolute Gasteiger partial charge is 0.410 e. The van der Waals surface area contributed by atoms with Crippen molar-refractivity contribution in [2.75, 3.05) is 19.6 Å². The van der Waals surface area contributed by atoms with E-state index in [2.05, 4.69) is 24.3 Å². The Morgan fingerprint density at radius 1 is 1.18 bits per heavy atom. The van der Waals surface area contributed by atoms with Crippen LogP contribution in [0.3, 0.4) is 0 Å². The van der Waals surface area contributed by atoms with E-state index in [-0.39, 0.29) is 17.9 Å². The maximum Gasteiger partial charge on any atom is 0.410 e. The van der Waals surface area contributed by atoms with Crippen LogP contribution in [0.1, 0.15) is 75.9 Å². The minimum Gasteiger partial charge on any atom is -0.444 e. The van der Waals surface area contributed by atoms with Crippen LogP contribution in [0.25, 0.3) is 5.69 Å². The normalized spacial score (nSPS) is 15.1. The van der Waals surface area contributed by atoms with Crippen molar-refractivity contribution in [1.82, 2.24) is 20.0 Å². The number of aromatic nitrogens is 2. The first-order valence-corrected chi connectivity index (χ1v) is 12.0. The highest BCUT2D eigenvalue weighted by molar-refractivity contribution is 6.30. The molecule has 2 amide bonds. The second-order valence-corrected chi connectivity index (χ2v) is 10.4. The van der Waals surface area contributed by atoms with Crippen molar-refractivity contribution >= 4 is 23.6 Å². The van der Waals surface area contributed by atoms with E-state index < -0.39 is 5.60 Å². The molecule has 0 spiro atoms. The van der Waals surface area contributed by atoms with E-state index in [1.54, 1.807) is 11.1 Å². The first-order valence-electron chi connectivity index (χ1n) is 11.6. The second-order valence-electron chi connectivity index (χ2n) is 10.0. The van der Waals surface area contributed by atoms with Gasteiger partial charge in [0, 0.05) is 30.6 Å². The fraction of sp³-hybridized carbons (Fsp3) is 0.560. The number of nitrogens with one attached hydrogen (secondary N) is 1. The van der Waals surface area contributed by atoms with E-state index in [9.17, 15) is 9.59 Å². The van der Waals surface area contributed by atoms with Gasteiger partial charge in [0.25, 0.3) is 5.91 Å². The lowest BCUT2D eigenvalue weighted by Gasteiger charge is -2.34. The summed E-state index contributed by atoms with van der Waals surface area (Å²) in [7, 11) is 0. The lowest BCUT2D eigenvalue weighted by atomic mass is 9.90. The number of halogens is 1. The van der Waals surface area contributed by atoms with Crippen LogP contribution in [-0.2, 0) is 4.74 Å². The predicted octanol–water partition coefficient (Wildman–Crippen LogP) is 5.42. The van der Waals surface area contributed by atoms with Crippen LogP contribution in [0, 0.1) is 5.92 Å². The zero-order valence-electron chi connectivity index (χ0n) is 20.2. The molecule has 1 saturated heterocycles. The number of hydrogen-bond acceptors (Lipinski definition) is 4. The molecule has 1 aromatic carbocycles. The number of hydrogen-bond donors (Lipinski definition) is 1. The topological polar surface area (TPSA) is 76.5 Å². The van der Waals surface area contributed by atoms with Gasteiger partial charge in [0.15, 0.2) is 0 Å². The van der Waals surface area contributed by atoms with E-state index in [0.29, 0.717) is 36.1 Å². The molecule has 0 radical (unpaired) electrons. The van der Waals surface area contributed by atoms with Gasteiger partial charge in [-0.1, -0.05) is 25.4 Å². The van der Waals surface area contributed by atoms with Crippen LogP contribution in [0.5, 0.6) is 0 Å². The molecule has 3 rings (SSSR count). The average Bonchev–Trinajstić information content (AvgIpc) is 3.18. The second kappa shape index (κ2) is 10.6. The van der Waals surface area contributed by atoms with E-state index in [1.165, 1.54) is 0 Å². The third kappa shape index (κ3) is 6.73. The molecule has 1 fully saturated rings. The maximum atomic E-state index is 13.0. The number of piperidine rings is 1. The third-order valence-electron chi connectivity index (χ3n) is 5.66. The number of rotatable bonds is 6. The molecule has 0 bridgehead atoms. The fourth-order valence-corrected chi connectivity index (χ4v) is 4.07. The number of carbonyl (C=O) groups is 2. The molecule has 0 aliphatic carbocycles. The van der Waals surface area contributed by atoms with E-state index in [1.807, 2.05) is 49.7 Å². The van der Waals surface area contributed by atoms with Crippen LogP contribution in [0.4, 0.5) is 4.79 Å². The van der Waals surface area contributed by atoms with Gasteiger partial charge in [-0.15, -0.1) is 0 Å². The zero-order valence-corrected chi connectivity index (χ0v) is 21.0. The fourth-order valence-electron chi connectivity index (χ4n) is 3.95. The van der Waals surface area contributed by atoms with Gasteiger partial charge < -0.3 is 15.0 Å². The molecule has 8 heteroatoms. The lowest BCUT2D eigenvalue weighted by Crippen LogP contribution is -2.41. The van der Waals surface area contributed by atoms with Crippen molar-refractivity contribution in [2.45, 2.75) is 65.4 Å². The molecular formula is C25H35ClN4O3. The molecule has 0 saturated carbocycles. The largest absolute Gasteiger partial charge is 0.444 e. The van der Waals surface area contributed by atoms with Crippen molar-refractivity contribution in [1.29, 1.82) is 0 Å². The van der Waals surface area contributed by atoms with Crippen molar-refractivity contribution in [3.05, 3.63) is 46.7 Å². The first-order chi connectivity index (χ1) is 15.5. The summed E-state index contributed by atoms with van der Waals surface area (Å²) in [6, 6.07) is 7.43. The minimum atomic E-state index is -0.525. The van der Waals surface area contributed by atoms with Gasteiger partial charge in [0.2, 0.25) is 0 Å². The summed E-state index contributed by atoms with van der Waals surface area (Å²) < 4.78 is 7.36. The average molecular weight is 475 g/mol. The van der Waals surface area contributed by atoms with Gasteiger partial charge in [0.05, 0.1) is 23.1 Å². The molecule has 2 heterocycles. The lowest BCUT2D eigenvalue weighted by molar-refractivity contribution is 0.0203. The van der Waals surface area contributed by atoms with E-state index >= 15 is 0 Å². The van der Waals surface area contributed by atoms with Gasteiger partial charge in [-0.2, -0.15) is 5.10 Å². The molecule has 0 unspecified atom stereocenters.